The maximum Gasteiger partial charge on any atom is 1.00 e. The van der Waals surface area contributed by atoms with Crippen LogP contribution in [-0.2, 0) is 9.59 Å². The van der Waals surface area contributed by atoms with Gasteiger partial charge >= 0.3 is 51.4 Å². The van der Waals surface area contributed by atoms with Gasteiger partial charge in [0, 0.05) is 5.97 Å². The van der Waals surface area contributed by atoms with E-state index in [1.54, 1.807) is 0 Å². The summed E-state index contributed by atoms with van der Waals surface area (Å²) >= 11 is 0. The molecular weight excluding hydrogens is 149 g/mol. The number of carbonyl (C=O) groups excluding carboxylic acids is 2. The Morgan fingerprint density at radius 1 is 1.67 bits per heavy atom. The van der Waals surface area contributed by atoms with Gasteiger partial charge in [0.1, 0.15) is 0 Å². The molecule has 0 atom stereocenters. The van der Waals surface area contributed by atoms with Crippen LogP contribution in [0.1, 0.15) is 6.92 Å². The van der Waals surface area contributed by atoms with Crippen LogP contribution in [0.25, 0.3) is 0 Å². The molecule has 0 rings (SSSR count). The maximum atomic E-state index is 8.94. The van der Waals surface area contributed by atoms with Crippen LogP contribution in [0.15, 0.2) is 0 Å². The third kappa shape index (κ3) is 149. The molecule has 0 saturated carbocycles. The number of amides is 1. The van der Waals surface area contributed by atoms with Crippen molar-refractivity contribution in [3.8, 4) is 0 Å². The zero-order valence-electron chi connectivity index (χ0n) is 5.72. The third-order valence-electron chi connectivity index (χ3n) is 0.102. The van der Waals surface area contributed by atoms with Crippen molar-refractivity contribution in [3.05, 3.63) is 0 Å². The van der Waals surface area contributed by atoms with Crippen molar-refractivity contribution in [2.45, 2.75) is 6.92 Å². The monoisotopic (exact) mass is 156 g/mol. The zero-order chi connectivity index (χ0) is 6.99. The first-order valence-electron chi connectivity index (χ1n) is 1.86. The minimum absolute atomic E-state index is 0. The summed E-state index contributed by atoms with van der Waals surface area (Å²) in [7, 11) is 1.51. The molecule has 1 N–H and O–H groups in total. The van der Waals surface area contributed by atoms with E-state index < -0.39 is 5.97 Å². The number of rotatable bonds is 1. The zero-order valence-corrected chi connectivity index (χ0v) is 8.85. The summed E-state index contributed by atoms with van der Waals surface area (Å²) in [5, 5.41) is 11.0. The molecule has 1 amide bonds. The van der Waals surface area contributed by atoms with Gasteiger partial charge in [-0.2, -0.15) is 6.41 Å². The number of hydrogen-bond donors (Lipinski definition) is 1. The summed E-state index contributed by atoms with van der Waals surface area (Å²) in [5.41, 5.74) is 0. The first-order chi connectivity index (χ1) is 3.65. The molecule has 9 heavy (non-hydrogen) atoms. The molecule has 0 aliphatic heterocycles. The Balaban J connectivity index is -0.0000000720. The Labute approximate surface area is 96.4 Å². The second-order valence-corrected chi connectivity index (χ2v) is 0.844. The van der Waals surface area contributed by atoms with Crippen LogP contribution in [0.3, 0.4) is 0 Å². The second-order valence-electron chi connectivity index (χ2n) is 0.844. The molecule has 0 radical (unpaired) electrons. The van der Waals surface area contributed by atoms with Gasteiger partial charge in [-0.1, -0.05) is 0 Å². The fourth-order valence-electron chi connectivity index (χ4n) is 0. The van der Waals surface area contributed by atoms with E-state index in [1.807, 2.05) is 0 Å². The number of aliphatic carboxylic acids is 1. The third-order valence-corrected chi connectivity index (χ3v) is 0.102. The number of carboxylic acid groups (broad SMARTS) is 1. The quantitative estimate of drug-likeness (QED) is 0.235. The van der Waals surface area contributed by atoms with Gasteiger partial charge in [-0.3, -0.25) is 0 Å². The first-order valence-corrected chi connectivity index (χ1v) is 1.86. The van der Waals surface area contributed by atoms with Crippen molar-refractivity contribution in [2.24, 2.45) is 0 Å². The number of carboxylic acids is 1. The van der Waals surface area contributed by atoms with Gasteiger partial charge in [0.15, 0.2) is 0 Å². The summed E-state index contributed by atoms with van der Waals surface area (Å²) in [6, 6.07) is 0. The Morgan fingerprint density at radius 2 is 1.78 bits per heavy atom. The second kappa shape index (κ2) is 15.8. The predicted molar refractivity (Wildman–Crippen MR) is 25.4 cm³/mol. The van der Waals surface area contributed by atoms with E-state index in [9.17, 15) is 0 Å². The van der Waals surface area contributed by atoms with Crippen molar-refractivity contribution < 1.29 is 66.1 Å². The molecule has 0 aliphatic carbocycles. The molecular formula is C4H7KNO3-. The van der Waals surface area contributed by atoms with E-state index in [0.29, 0.717) is 0 Å². The van der Waals surface area contributed by atoms with E-state index in [0.717, 1.165) is 6.92 Å². The van der Waals surface area contributed by atoms with E-state index in [4.69, 9.17) is 14.7 Å². The Hall–Kier alpha value is 0.576. The minimum Gasteiger partial charge on any atom is -0.550 e. The van der Waals surface area contributed by atoms with Crippen molar-refractivity contribution >= 4 is 12.4 Å². The topological polar surface area (TPSA) is 69.2 Å². The molecule has 48 valence electrons. The van der Waals surface area contributed by atoms with Crippen molar-refractivity contribution in [3.63, 3.8) is 0 Å². The average molecular weight is 156 g/mol. The van der Waals surface area contributed by atoms with Crippen LogP contribution >= 0.6 is 0 Å². The van der Waals surface area contributed by atoms with E-state index in [-0.39, 0.29) is 51.4 Å². The van der Waals surface area contributed by atoms with E-state index >= 15 is 0 Å². The summed E-state index contributed by atoms with van der Waals surface area (Å²) in [6.45, 7) is 0.972. The van der Waals surface area contributed by atoms with Crippen molar-refractivity contribution in [1.82, 2.24) is 5.32 Å². The van der Waals surface area contributed by atoms with Crippen LogP contribution < -0.4 is 61.8 Å². The van der Waals surface area contributed by atoms with E-state index in [2.05, 4.69) is 5.32 Å². The predicted octanol–water partition coefficient (Wildman–Crippen LogP) is -4.97. The first kappa shape index (κ1) is 16.3. The molecule has 0 fully saturated rings. The summed E-state index contributed by atoms with van der Waals surface area (Å²) in [6.07, 6.45) is 1.43. The standard InChI is InChI=1S/C2H4NO.C2H4O2.K/c1-3-2-4;1-2(3)4;/h2*1H3,(H,3,4);/q-1;;+1/p-1. The molecule has 0 unspecified atom stereocenters. The Kier molecular flexibility index (Phi) is 28.6. The van der Waals surface area contributed by atoms with E-state index in [1.165, 1.54) is 13.5 Å². The molecule has 0 spiro atoms. The molecule has 0 aromatic heterocycles. The van der Waals surface area contributed by atoms with Gasteiger partial charge in [-0.25, -0.2) is 0 Å². The summed E-state index contributed by atoms with van der Waals surface area (Å²) in [5.74, 6) is -1.08. The van der Waals surface area contributed by atoms with Crippen molar-refractivity contribution in [1.29, 1.82) is 0 Å². The van der Waals surface area contributed by atoms with Crippen LogP contribution in [-0.4, -0.2) is 19.4 Å². The molecule has 0 aromatic carbocycles. The largest absolute Gasteiger partial charge is 1.00 e. The van der Waals surface area contributed by atoms with Crippen LogP contribution in [0.5, 0.6) is 0 Å². The molecule has 0 aliphatic rings. The number of carbonyl (C=O) groups is 1. The smallest absolute Gasteiger partial charge is 0.550 e. The molecule has 5 heteroatoms. The minimum atomic E-state index is -1.08. The van der Waals surface area contributed by atoms with Gasteiger partial charge in [0.2, 0.25) is 0 Å². The van der Waals surface area contributed by atoms with Gasteiger partial charge in [-0.05, 0) is 14.0 Å². The Bertz CT molecular complexity index is 72.2. The molecule has 0 aromatic rings. The molecule has 0 bridgehead atoms. The van der Waals surface area contributed by atoms with Gasteiger partial charge in [-0.15, -0.1) is 0 Å². The summed E-state index contributed by atoms with van der Waals surface area (Å²) < 4.78 is 0. The molecule has 4 nitrogen and oxygen atoms in total. The summed E-state index contributed by atoms with van der Waals surface area (Å²) in [4.78, 5) is 17.8. The van der Waals surface area contributed by atoms with Crippen molar-refractivity contribution in [2.75, 3.05) is 7.05 Å². The Morgan fingerprint density at radius 3 is 1.78 bits per heavy atom. The van der Waals surface area contributed by atoms with Crippen LogP contribution in [0, 0.1) is 0 Å². The van der Waals surface area contributed by atoms with Gasteiger partial charge in [0.05, 0.1) is 0 Å². The number of hydrogen-bond acceptors (Lipinski definition) is 3. The van der Waals surface area contributed by atoms with Gasteiger partial charge in [0.25, 0.3) is 0 Å². The normalized spacial score (nSPS) is 5.11. The van der Waals surface area contributed by atoms with Gasteiger partial charge < -0.3 is 20.0 Å². The average Bonchev–Trinajstić information content (AvgIpc) is 1.65. The SMILES string of the molecule is CC(=O)[O-].CN[C-]=O.[K+]. The fourth-order valence-corrected chi connectivity index (χ4v) is 0. The number of nitrogens with one attached hydrogen (secondary N) is 1. The van der Waals surface area contributed by atoms with Crippen LogP contribution in [0.2, 0.25) is 0 Å². The van der Waals surface area contributed by atoms with Crippen LogP contribution in [0.4, 0.5) is 0 Å². The molecule has 0 heterocycles. The maximum absolute atomic E-state index is 8.94. The fraction of sp³-hybridized carbons (Fsp3) is 0.500. The molecule has 0 saturated heterocycles.